The number of hydrogen-bond donors (Lipinski definition) is 1. The third kappa shape index (κ3) is 3.74. The van der Waals surface area contributed by atoms with Gasteiger partial charge in [-0.2, -0.15) is 5.10 Å². The molecule has 1 aromatic heterocycles. The number of amides is 1. The molecular formula is C15H15Cl2N3O3S. The molecule has 1 N–H and O–H groups in total. The number of halogens is 2. The molecule has 0 radical (unpaired) electrons. The van der Waals surface area contributed by atoms with Gasteiger partial charge in [0.2, 0.25) is 0 Å². The van der Waals surface area contributed by atoms with Gasteiger partial charge in [0.05, 0.1) is 23.2 Å². The summed E-state index contributed by atoms with van der Waals surface area (Å²) in [4.78, 5) is 12.4. The average Bonchev–Trinajstić information content (AvgIpc) is 3.00. The van der Waals surface area contributed by atoms with Crippen LogP contribution in [0.3, 0.4) is 0 Å². The molecule has 1 aromatic carbocycles. The molecule has 1 saturated heterocycles. The largest absolute Gasteiger partial charge is 0.307 e. The van der Waals surface area contributed by atoms with Gasteiger partial charge >= 0.3 is 0 Å². The number of nitrogens with one attached hydrogen (secondary N) is 1. The van der Waals surface area contributed by atoms with E-state index in [4.69, 9.17) is 23.2 Å². The van der Waals surface area contributed by atoms with Crippen LogP contribution in [0.4, 0.5) is 5.82 Å². The van der Waals surface area contributed by atoms with E-state index in [1.54, 1.807) is 17.7 Å². The van der Waals surface area contributed by atoms with Crippen LogP contribution in [0.1, 0.15) is 28.5 Å². The van der Waals surface area contributed by atoms with E-state index in [1.165, 1.54) is 18.2 Å². The van der Waals surface area contributed by atoms with Gasteiger partial charge in [-0.25, -0.2) is 13.1 Å². The van der Waals surface area contributed by atoms with E-state index < -0.39 is 9.84 Å². The molecule has 2 aromatic rings. The zero-order valence-corrected chi connectivity index (χ0v) is 15.1. The Hall–Kier alpha value is -1.57. The van der Waals surface area contributed by atoms with Gasteiger partial charge in [0.1, 0.15) is 5.82 Å². The Morgan fingerprint density at radius 2 is 1.92 bits per heavy atom. The fraction of sp³-hybridized carbons (Fsp3) is 0.333. The number of sulfone groups is 1. The predicted octanol–water partition coefficient (Wildman–Crippen LogP) is 3.11. The van der Waals surface area contributed by atoms with Crippen molar-refractivity contribution in [3.8, 4) is 0 Å². The van der Waals surface area contributed by atoms with Crippen molar-refractivity contribution in [3.63, 3.8) is 0 Å². The van der Waals surface area contributed by atoms with E-state index in [0.29, 0.717) is 33.5 Å². The van der Waals surface area contributed by atoms with Crippen LogP contribution in [0.25, 0.3) is 0 Å². The third-order valence-corrected chi connectivity index (χ3v) is 5.97. The molecule has 0 spiro atoms. The highest BCUT2D eigenvalue weighted by Gasteiger charge is 2.31. The van der Waals surface area contributed by atoms with Gasteiger partial charge in [-0.05, 0) is 31.5 Å². The molecule has 1 aliphatic rings. The number of nitrogens with zero attached hydrogens (tertiary/aromatic N) is 2. The lowest BCUT2D eigenvalue weighted by atomic mass is 10.2. The number of aromatic nitrogens is 2. The van der Waals surface area contributed by atoms with Crippen LogP contribution in [0.2, 0.25) is 10.0 Å². The first-order chi connectivity index (χ1) is 11.2. The smallest absolute Gasteiger partial charge is 0.256 e. The average molecular weight is 388 g/mol. The number of aryl methyl sites for hydroxylation is 1. The molecule has 1 unspecified atom stereocenters. The van der Waals surface area contributed by atoms with Crippen molar-refractivity contribution >= 4 is 44.8 Å². The molecule has 128 valence electrons. The summed E-state index contributed by atoms with van der Waals surface area (Å²) < 4.78 is 25.0. The molecule has 2 heterocycles. The second kappa shape index (κ2) is 6.38. The van der Waals surface area contributed by atoms with Crippen LogP contribution >= 0.6 is 23.2 Å². The molecule has 24 heavy (non-hydrogen) atoms. The second-order valence-electron chi connectivity index (χ2n) is 5.78. The quantitative estimate of drug-likeness (QED) is 0.876. The summed E-state index contributed by atoms with van der Waals surface area (Å²) in [6.07, 6.45) is 0.481. The van der Waals surface area contributed by atoms with Gasteiger partial charge in [-0.1, -0.05) is 23.2 Å². The molecule has 1 aliphatic heterocycles. The lowest BCUT2D eigenvalue weighted by molar-refractivity contribution is 0.102. The minimum absolute atomic E-state index is 0.0278. The van der Waals surface area contributed by atoms with E-state index >= 15 is 0 Å². The molecule has 1 atom stereocenters. The zero-order chi connectivity index (χ0) is 17.5. The molecule has 3 rings (SSSR count). The van der Waals surface area contributed by atoms with Crippen molar-refractivity contribution in [2.24, 2.45) is 0 Å². The Balaban J connectivity index is 1.86. The summed E-state index contributed by atoms with van der Waals surface area (Å²) >= 11 is 11.8. The Labute approximate surface area is 149 Å². The first kappa shape index (κ1) is 17.3. The predicted molar refractivity (Wildman–Crippen MR) is 93.7 cm³/mol. The van der Waals surface area contributed by atoms with Crippen LogP contribution in [0, 0.1) is 6.92 Å². The van der Waals surface area contributed by atoms with E-state index in [9.17, 15) is 13.2 Å². The molecule has 1 amide bonds. The summed E-state index contributed by atoms with van der Waals surface area (Å²) in [7, 11) is -3.05. The lowest BCUT2D eigenvalue weighted by Gasteiger charge is -2.14. The Morgan fingerprint density at radius 3 is 2.50 bits per heavy atom. The number of carbonyl (C=O) groups excluding carboxylic acids is 1. The maximum atomic E-state index is 12.4. The van der Waals surface area contributed by atoms with Crippen LogP contribution in [0.15, 0.2) is 24.3 Å². The highest BCUT2D eigenvalue weighted by Crippen LogP contribution is 2.27. The summed E-state index contributed by atoms with van der Waals surface area (Å²) in [5, 5.41) is 7.80. The van der Waals surface area contributed by atoms with Gasteiger partial charge in [-0.15, -0.1) is 0 Å². The van der Waals surface area contributed by atoms with Crippen LogP contribution < -0.4 is 5.32 Å². The van der Waals surface area contributed by atoms with Gasteiger partial charge in [0.15, 0.2) is 9.84 Å². The zero-order valence-electron chi connectivity index (χ0n) is 12.8. The van der Waals surface area contributed by atoms with Gasteiger partial charge in [0.25, 0.3) is 5.91 Å². The van der Waals surface area contributed by atoms with Gasteiger partial charge in [0, 0.05) is 21.7 Å². The van der Waals surface area contributed by atoms with Crippen molar-refractivity contribution in [2.45, 2.75) is 19.4 Å². The summed E-state index contributed by atoms with van der Waals surface area (Å²) in [5.74, 6) is 0.227. The third-order valence-electron chi connectivity index (χ3n) is 3.78. The maximum Gasteiger partial charge on any atom is 0.256 e. The number of hydrogen-bond acceptors (Lipinski definition) is 4. The monoisotopic (exact) mass is 387 g/mol. The topological polar surface area (TPSA) is 81.1 Å². The summed E-state index contributed by atoms with van der Waals surface area (Å²) in [6, 6.07) is 5.99. The van der Waals surface area contributed by atoms with Crippen molar-refractivity contribution in [1.29, 1.82) is 0 Å². The Morgan fingerprint density at radius 1 is 1.25 bits per heavy atom. The number of rotatable bonds is 3. The summed E-state index contributed by atoms with van der Waals surface area (Å²) in [5.41, 5.74) is 1.01. The highest BCUT2D eigenvalue weighted by atomic mass is 35.5. The van der Waals surface area contributed by atoms with E-state index in [2.05, 4.69) is 10.4 Å². The fourth-order valence-corrected chi connectivity index (χ4v) is 4.95. The highest BCUT2D eigenvalue weighted by molar-refractivity contribution is 7.91. The first-order valence-electron chi connectivity index (χ1n) is 7.27. The number of anilines is 1. The Kier molecular flexibility index (Phi) is 4.59. The molecule has 9 heteroatoms. The SMILES string of the molecule is Cc1cc(NC(=O)c2cc(Cl)cc(Cl)c2)n(C2CCS(=O)(=O)C2)n1. The molecule has 1 fully saturated rings. The Bertz CT molecular complexity index is 888. The normalized spacial score (nSPS) is 19.4. The van der Waals surface area contributed by atoms with Crippen molar-refractivity contribution < 1.29 is 13.2 Å². The van der Waals surface area contributed by atoms with Crippen molar-refractivity contribution in [3.05, 3.63) is 45.6 Å². The van der Waals surface area contributed by atoms with Crippen LogP contribution in [0.5, 0.6) is 0 Å². The van der Waals surface area contributed by atoms with Gasteiger partial charge in [-0.3, -0.25) is 4.79 Å². The van der Waals surface area contributed by atoms with Crippen LogP contribution in [-0.2, 0) is 9.84 Å². The number of carbonyl (C=O) groups is 1. The number of benzene rings is 1. The summed E-state index contributed by atoms with van der Waals surface area (Å²) in [6.45, 7) is 1.78. The van der Waals surface area contributed by atoms with Crippen LogP contribution in [-0.4, -0.2) is 35.6 Å². The maximum absolute atomic E-state index is 12.4. The molecule has 0 aliphatic carbocycles. The standard InChI is InChI=1S/C15H15Cl2N3O3S/c1-9-4-14(20(19-9)13-2-3-24(22,23)8-13)18-15(21)10-5-11(16)7-12(17)6-10/h4-7,13H,2-3,8H2,1H3,(H,18,21). The minimum Gasteiger partial charge on any atom is -0.307 e. The molecule has 0 saturated carbocycles. The first-order valence-corrected chi connectivity index (χ1v) is 9.85. The molecular weight excluding hydrogens is 373 g/mol. The van der Waals surface area contributed by atoms with E-state index in [0.717, 1.165) is 0 Å². The molecule has 6 nitrogen and oxygen atoms in total. The van der Waals surface area contributed by atoms with Crippen molar-refractivity contribution in [2.75, 3.05) is 16.8 Å². The minimum atomic E-state index is -3.05. The van der Waals surface area contributed by atoms with E-state index in [-0.39, 0.29) is 23.5 Å². The fourth-order valence-electron chi connectivity index (χ4n) is 2.73. The molecule has 0 bridgehead atoms. The second-order valence-corrected chi connectivity index (χ2v) is 8.89. The lowest BCUT2D eigenvalue weighted by Crippen LogP contribution is -2.19. The van der Waals surface area contributed by atoms with E-state index in [1.807, 2.05) is 0 Å². The van der Waals surface area contributed by atoms with Crippen molar-refractivity contribution in [1.82, 2.24) is 9.78 Å². The van der Waals surface area contributed by atoms with Gasteiger partial charge < -0.3 is 5.32 Å².